The van der Waals surface area contributed by atoms with Gasteiger partial charge in [0.25, 0.3) is 0 Å². The van der Waals surface area contributed by atoms with Gasteiger partial charge in [0.2, 0.25) is 0 Å². The van der Waals surface area contributed by atoms with Crippen LogP contribution in [0.4, 0.5) is 0 Å². The van der Waals surface area contributed by atoms with Crippen molar-refractivity contribution in [1.82, 2.24) is 29.5 Å². The van der Waals surface area contributed by atoms with Gasteiger partial charge in [0.15, 0.2) is 5.16 Å². The van der Waals surface area contributed by atoms with Crippen LogP contribution in [0.15, 0.2) is 29.7 Å². The fourth-order valence-corrected chi connectivity index (χ4v) is 5.65. The van der Waals surface area contributed by atoms with Crippen molar-refractivity contribution < 1.29 is 0 Å². The average Bonchev–Trinajstić information content (AvgIpc) is 3.39. The van der Waals surface area contributed by atoms with E-state index in [0.29, 0.717) is 12.0 Å². The number of pyridine rings is 1. The molecule has 0 aliphatic carbocycles. The van der Waals surface area contributed by atoms with Crippen LogP contribution in [0.1, 0.15) is 62.9 Å². The third-order valence-electron chi connectivity index (χ3n) is 6.07. The lowest BCUT2D eigenvalue weighted by Gasteiger charge is -2.32. The summed E-state index contributed by atoms with van der Waals surface area (Å²) in [5, 5.41) is 10.4. The molecule has 0 radical (unpaired) electrons. The highest BCUT2D eigenvalue weighted by molar-refractivity contribution is 7.99. The predicted octanol–water partition coefficient (Wildman–Crippen LogP) is 3.82. The van der Waals surface area contributed by atoms with Gasteiger partial charge < -0.3 is 9.47 Å². The fraction of sp³-hybridized carbons (Fsp3) is 0.682. The van der Waals surface area contributed by atoms with Crippen LogP contribution in [-0.4, -0.2) is 68.0 Å². The maximum absolute atomic E-state index is 4.69. The zero-order valence-corrected chi connectivity index (χ0v) is 18.7. The van der Waals surface area contributed by atoms with Crippen molar-refractivity contribution in [3.05, 3.63) is 35.9 Å². The molecule has 2 saturated heterocycles. The fourth-order valence-electron chi connectivity index (χ4n) is 4.58. The lowest BCUT2D eigenvalue weighted by Crippen LogP contribution is -2.35. The molecular formula is C22H34N6S. The quantitative estimate of drug-likeness (QED) is 0.612. The first kappa shape index (κ1) is 20.8. The highest BCUT2D eigenvalue weighted by atomic mass is 32.2. The zero-order valence-electron chi connectivity index (χ0n) is 17.8. The molecule has 4 heterocycles. The van der Waals surface area contributed by atoms with Crippen LogP contribution in [0, 0.1) is 0 Å². The number of nitrogens with zero attached hydrogens (tertiary/aromatic N) is 6. The normalized spacial score (nSPS) is 21.3. The topological polar surface area (TPSA) is 50.1 Å². The van der Waals surface area contributed by atoms with Gasteiger partial charge >= 0.3 is 0 Å². The number of piperidine rings is 1. The second-order valence-electron chi connectivity index (χ2n) is 8.63. The maximum atomic E-state index is 4.69. The summed E-state index contributed by atoms with van der Waals surface area (Å²) < 4.78 is 2.40. The second-order valence-corrected chi connectivity index (χ2v) is 9.69. The van der Waals surface area contributed by atoms with Gasteiger partial charge in [-0.25, -0.2) is 0 Å². The Kier molecular flexibility index (Phi) is 7.21. The van der Waals surface area contributed by atoms with Crippen LogP contribution in [0.25, 0.3) is 0 Å². The highest BCUT2D eigenvalue weighted by Crippen LogP contribution is 2.31. The summed E-state index contributed by atoms with van der Waals surface area (Å²) in [6.45, 7) is 11.4. The highest BCUT2D eigenvalue weighted by Gasteiger charge is 2.28. The molecule has 0 N–H and O–H groups in total. The van der Waals surface area contributed by atoms with E-state index in [0.717, 1.165) is 37.1 Å². The molecule has 0 aromatic carbocycles. The Morgan fingerprint density at radius 2 is 1.79 bits per heavy atom. The molecule has 2 aliphatic heterocycles. The number of likely N-dealkylation sites (tertiary alicyclic amines) is 2. The maximum Gasteiger partial charge on any atom is 0.191 e. The van der Waals surface area contributed by atoms with Gasteiger partial charge in [-0.2, -0.15) is 0 Å². The third-order valence-corrected chi connectivity index (χ3v) is 6.99. The summed E-state index contributed by atoms with van der Waals surface area (Å²) in [5.74, 6) is 2.75. The Bertz CT molecular complexity index is 756. The molecule has 2 aliphatic rings. The number of hydrogen-bond donors (Lipinski definition) is 0. The SMILES string of the molecule is CC(C)n1c(SCCN2CCCC2)nnc1C1CCCN(Cc2ccncc2)C1. The largest absolute Gasteiger partial charge is 0.303 e. The van der Waals surface area contributed by atoms with Crippen LogP contribution >= 0.6 is 11.8 Å². The second kappa shape index (κ2) is 10.0. The molecule has 2 fully saturated rings. The third kappa shape index (κ3) is 5.38. The summed E-state index contributed by atoms with van der Waals surface area (Å²) >= 11 is 1.88. The van der Waals surface area contributed by atoms with Gasteiger partial charge in [-0.05, 0) is 76.9 Å². The van der Waals surface area contributed by atoms with E-state index in [1.54, 1.807) is 0 Å². The summed E-state index contributed by atoms with van der Waals surface area (Å²) in [6, 6.07) is 4.63. The van der Waals surface area contributed by atoms with E-state index in [9.17, 15) is 0 Å². The van der Waals surface area contributed by atoms with Crippen LogP contribution in [0.2, 0.25) is 0 Å². The first-order valence-electron chi connectivity index (χ1n) is 11.1. The minimum absolute atomic E-state index is 0.393. The number of hydrogen-bond acceptors (Lipinski definition) is 6. The molecule has 29 heavy (non-hydrogen) atoms. The van der Waals surface area contributed by atoms with Crippen LogP contribution in [0.5, 0.6) is 0 Å². The molecule has 0 bridgehead atoms. The lowest BCUT2D eigenvalue weighted by atomic mass is 9.96. The number of aromatic nitrogens is 4. The number of thioether (sulfide) groups is 1. The van der Waals surface area contributed by atoms with E-state index in [2.05, 4.69) is 50.4 Å². The van der Waals surface area contributed by atoms with Crippen molar-refractivity contribution in [2.24, 2.45) is 0 Å². The Hall–Kier alpha value is -1.44. The van der Waals surface area contributed by atoms with Crippen LogP contribution in [-0.2, 0) is 6.54 Å². The van der Waals surface area contributed by atoms with Crippen LogP contribution < -0.4 is 0 Å². The molecule has 1 atom stereocenters. The average molecular weight is 415 g/mol. The summed E-state index contributed by atoms with van der Waals surface area (Å²) in [7, 11) is 0. The molecule has 1 unspecified atom stereocenters. The van der Waals surface area contributed by atoms with E-state index in [4.69, 9.17) is 5.10 Å². The molecule has 0 amide bonds. The van der Waals surface area contributed by atoms with Crippen molar-refractivity contribution in [2.45, 2.75) is 63.2 Å². The minimum Gasteiger partial charge on any atom is -0.303 e. The molecule has 158 valence electrons. The molecule has 0 spiro atoms. The molecule has 2 aromatic rings. The monoisotopic (exact) mass is 414 g/mol. The van der Waals surface area contributed by atoms with E-state index < -0.39 is 0 Å². The Labute approximate surface area is 179 Å². The van der Waals surface area contributed by atoms with Gasteiger partial charge in [0.1, 0.15) is 5.82 Å². The first-order valence-corrected chi connectivity index (χ1v) is 12.1. The molecule has 2 aromatic heterocycles. The Morgan fingerprint density at radius 3 is 2.55 bits per heavy atom. The van der Waals surface area contributed by atoms with Crippen LogP contribution in [0.3, 0.4) is 0 Å². The molecule has 7 heteroatoms. The molecule has 4 rings (SSSR count). The molecule has 6 nitrogen and oxygen atoms in total. The van der Waals surface area contributed by atoms with Gasteiger partial charge in [-0.15, -0.1) is 10.2 Å². The standard InChI is InChI=1S/C22H34N6S/c1-18(2)28-21(24-25-22(28)29-15-14-26-11-3-4-12-26)20-6-5-13-27(17-20)16-19-7-9-23-10-8-19/h7-10,18,20H,3-6,11-17H2,1-2H3. The Balaban J connectivity index is 1.40. The van der Waals surface area contributed by atoms with E-state index in [1.165, 1.54) is 50.2 Å². The summed E-state index contributed by atoms with van der Waals surface area (Å²) in [5.41, 5.74) is 1.34. The van der Waals surface area contributed by atoms with E-state index in [-0.39, 0.29) is 0 Å². The van der Waals surface area contributed by atoms with Gasteiger partial charge in [-0.1, -0.05) is 11.8 Å². The van der Waals surface area contributed by atoms with Crippen molar-refractivity contribution >= 4 is 11.8 Å². The number of rotatable bonds is 8. The summed E-state index contributed by atoms with van der Waals surface area (Å²) in [4.78, 5) is 9.27. The van der Waals surface area contributed by atoms with Gasteiger partial charge in [-0.3, -0.25) is 9.88 Å². The molecular weight excluding hydrogens is 380 g/mol. The lowest BCUT2D eigenvalue weighted by molar-refractivity contribution is 0.193. The molecule has 0 saturated carbocycles. The van der Waals surface area contributed by atoms with Crippen molar-refractivity contribution in [3.8, 4) is 0 Å². The predicted molar refractivity (Wildman–Crippen MR) is 118 cm³/mol. The minimum atomic E-state index is 0.393. The van der Waals surface area contributed by atoms with E-state index in [1.807, 2.05) is 24.2 Å². The van der Waals surface area contributed by atoms with Crippen molar-refractivity contribution in [3.63, 3.8) is 0 Å². The zero-order chi connectivity index (χ0) is 20.1. The smallest absolute Gasteiger partial charge is 0.191 e. The summed E-state index contributed by atoms with van der Waals surface area (Å²) in [6.07, 6.45) is 8.91. The van der Waals surface area contributed by atoms with Gasteiger partial charge in [0.05, 0.1) is 0 Å². The Morgan fingerprint density at radius 1 is 1.03 bits per heavy atom. The first-order chi connectivity index (χ1) is 14.2. The van der Waals surface area contributed by atoms with Crippen molar-refractivity contribution in [2.75, 3.05) is 38.5 Å². The van der Waals surface area contributed by atoms with E-state index >= 15 is 0 Å². The van der Waals surface area contributed by atoms with Gasteiger partial charge in [0, 0.05) is 49.7 Å². The van der Waals surface area contributed by atoms with Crippen molar-refractivity contribution in [1.29, 1.82) is 0 Å².